The summed E-state index contributed by atoms with van der Waals surface area (Å²) in [5, 5.41) is 2.85. The van der Waals surface area contributed by atoms with E-state index in [0.29, 0.717) is 16.4 Å². The Hall–Kier alpha value is -1.82. The van der Waals surface area contributed by atoms with Crippen LogP contribution >= 0.6 is 11.8 Å². The van der Waals surface area contributed by atoms with E-state index in [2.05, 4.69) is 5.32 Å². The minimum Gasteiger partial charge on any atom is -0.493 e. The summed E-state index contributed by atoms with van der Waals surface area (Å²) >= 11 is 1.41. The number of hydrogen-bond donors (Lipinski definition) is 1. The summed E-state index contributed by atoms with van der Waals surface area (Å²) in [7, 11) is 6.92. The Bertz CT molecular complexity index is 541. The molecule has 0 saturated heterocycles. The summed E-state index contributed by atoms with van der Waals surface area (Å²) in [6.07, 6.45) is 1.79. The van der Waals surface area contributed by atoms with Crippen molar-refractivity contribution in [2.24, 2.45) is 0 Å². The van der Waals surface area contributed by atoms with Crippen LogP contribution < -0.4 is 14.8 Å². The molecule has 6 heteroatoms. The first kappa shape index (κ1) is 13.6. The highest BCUT2D eigenvalue weighted by atomic mass is 32.2. The van der Waals surface area contributed by atoms with Gasteiger partial charge in [-0.05, 0) is 0 Å². The fraction of sp³-hybridized carbons (Fsp3) is 0.308. The van der Waals surface area contributed by atoms with E-state index in [1.807, 2.05) is 25.1 Å². The number of amides is 1. The predicted octanol–water partition coefficient (Wildman–Crippen LogP) is 2.15. The number of nitrogens with zero attached hydrogens (tertiary/aromatic N) is 1. The number of benzene rings is 1. The summed E-state index contributed by atoms with van der Waals surface area (Å²) in [5.41, 5.74) is 0.739. The third kappa shape index (κ3) is 2.78. The Morgan fingerprint density at radius 1 is 1.21 bits per heavy atom. The molecule has 1 heterocycles. The molecule has 0 spiro atoms. The molecule has 0 saturated carbocycles. The predicted molar refractivity (Wildman–Crippen MR) is 75.8 cm³/mol. The van der Waals surface area contributed by atoms with Crippen LogP contribution in [0.3, 0.4) is 0 Å². The zero-order valence-electron chi connectivity index (χ0n) is 11.3. The third-order valence-electron chi connectivity index (χ3n) is 2.55. The van der Waals surface area contributed by atoms with Crippen molar-refractivity contribution in [3.05, 3.63) is 23.2 Å². The highest BCUT2D eigenvalue weighted by Gasteiger charge is 2.23. The average molecular weight is 280 g/mol. The number of methoxy groups -OCH3 is 2. The average Bonchev–Trinajstić information content (AvgIpc) is 2.37. The number of carbonyl (C=O) groups is 1. The molecule has 2 rings (SSSR count). The quantitative estimate of drug-likeness (QED) is 0.860. The molecular weight excluding hydrogens is 264 g/mol. The van der Waals surface area contributed by atoms with Crippen molar-refractivity contribution < 1.29 is 14.3 Å². The molecule has 0 aliphatic carbocycles. The maximum atomic E-state index is 11.9. The van der Waals surface area contributed by atoms with Gasteiger partial charge in [0.25, 0.3) is 5.91 Å². The fourth-order valence-electron chi connectivity index (χ4n) is 1.71. The molecule has 1 aromatic carbocycles. The topological polar surface area (TPSA) is 50.8 Å². The van der Waals surface area contributed by atoms with Crippen LogP contribution in [0, 0.1) is 0 Å². The number of ether oxygens (including phenoxy) is 2. The molecule has 1 aromatic rings. The van der Waals surface area contributed by atoms with Crippen molar-refractivity contribution >= 4 is 23.4 Å². The Labute approximate surface area is 116 Å². The van der Waals surface area contributed by atoms with Gasteiger partial charge in [-0.1, -0.05) is 11.8 Å². The number of thioether (sulfide) groups is 1. The normalized spacial score (nSPS) is 15.8. The van der Waals surface area contributed by atoms with E-state index in [4.69, 9.17) is 9.47 Å². The van der Waals surface area contributed by atoms with E-state index >= 15 is 0 Å². The molecule has 5 nitrogen and oxygen atoms in total. The first-order valence-corrected chi connectivity index (χ1v) is 6.50. The zero-order chi connectivity index (χ0) is 14.0. The van der Waals surface area contributed by atoms with Gasteiger partial charge in [-0.25, -0.2) is 0 Å². The van der Waals surface area contributed by atoms with Crippen molar-refractivity contribution in [3.8, 4) is 11.5 Å². The third-order valence-corrected chi connectivity index (χ3v) is 3.62. The molecule has 102 valence electrons. The van der Waals surface area contributed by atoms with Gasteiger partial charge in [-0.15, -0.1) is 0 Å². The van der Waals surface area contributed by atoms with Gasteiger partial charge in [0.1, 0.15) is 0 Å². The van der Waals surface area contributed by atoms with Crippen molar-refractivity contribution in [1.29, 1.82) is 0 Å². The van der Waals surface area contributed by atoms with Crippen LogP contribution in [-0.2, 0) is 4.79 Å². The van der Waals surface area contributed by atoms with Gasteiger partial charge < -0.3 is 19.7 Å². The number of fused-ring (bicyclic) bond motifs is 1. The highest BCUT2D eigenvalue weighted by molar-refractivity contribution is 8.04. The van der Waals surface area contributed by atoms with Crippen LogP contribution in [0.4, 0.5) is 5.69 Å². The number of nitrogens with one attached hydrogen (secondary N) is 1. The molecule has 0 atom stereocenters. The molecule has 1 N–H and O–H groups in total. The van der Waals surface area contributed by atoms with E-state index in [9.17, 15) is 4.79 Å². The van der Waals surface area contributed by atoms with Crippen molar-refractivity contribution in [1.82, 2.24) is 4.90 Å². The van der Waals surface area contributed by atoms with E-state index in [1.165, 1.54) is 11.8 Å². The van der Waals surface area contributed by atoms with Gasteiger partial charge in [-0.2, -0.15) is 0 Å². The molecule has 0 unspecified atom stereocenters. The number of hydrogen-bond acceptors (Lipinski definition) is 5. The van der Waals surface area contributed by atoms with Crippen LogP contribution in [0.2, 0.25) is 0 Å². The fourth-order valence-corrected chi connectivity index (χ4v) is 2.74. The minimum atomic E-state index is -0.113. The largest absolute Gasteiger partial charge is 0.493 e. The summed E-state index contributed by atoms with van der Waals surface area (Å²) in [6, 6.07) is 3.63. The lowest BCUT2D eigenvalue weighted by molar-refractivity contribution is -0.112. The second kappa shape index (κ2) is 5.44. The van der Waals surface area contributed by atoms with Gasteiger partial charge in [0, 0.05) is 37.3 Å². The van der Waals surface area contributed by atoms with Gasteiger partial charge in [0.2, 0.25) is 0 Å². The lowest BCUT2D eigenvalue weighted by Crippen LogP contribution is -2.19. The molecule has 0 radical (unpaired) electrons. The van der Waals surface area contributed by atoms with Crippen LogP contribution in [0.25, 0.3) is 0 Å². The molecule has 1 aliphatic heterocycles. The number of rotatable bonds is 3. The smallest absolute Gasteiger partial charge is 0.263 e. The highest BCUT2D eigenvalue weighted by Crippen LogP contribution is 2.43. The van der Waals surface area contributed by atoms with Gasteiger partial charge >= 0.3 is 0 Å². The molecule has 1 aliphatic rings. The summed E-state index contributed by atoms with van der Waals surface area (Å²) in [6.45, 7) is 0. The van der Waals surface area contributed by atoms with E-state index in [-0.39, 0.29) is 5.91 Å². The minimum absolute atomic E-state index is 0.113. The van der Waals surface area contributed by atoms with Crippen LogP contribution in [-0.4, -0.2) is 39.1 Å². The summed E-state index contributed by atoms with van der Waals surface area (Å²) in [5.74, 6) is 1.13. The standard InChI is InChI=1S/C13H16N2O3S/c1-15(2)7-12-13(16)14-8-5-9(17-3)10(18-4)6-11(8)19-12/h5-7H,1-4H3,(H,14,16). The maximum absolute atomic E-state index is 11.9. The van der Waals surface area contributed by atoms with Gasteiger partial charge in [0.05, 0.1) is 24.8 Å². The Balaban J connectivity index is 2.42. The lowest BCUT2D eigenvalue weighted by Gasteiger charge is -2.21. The Morgan fingerprint density at radius 3 is 2.42 bits per heavy atom. The van der Waals surface area contributed by atoms with Crippen LogP contribution in [0.5, 0.6) is 11.5 Å². The monoisotopic (exact) mass is 280 g/mol. The number of anilines is 1. The van der Waals surface area contributed by atoms with Crippen LogP contribution in [0.15, 0.2) is 28.1 Å². The second-order valence-corrected chi connectivity index (χ2v) is 5.30. The molecule has 0 fully saturated rings. The molecule has 1 amide bonds. The van der Waals surface area contributed by atoms with Gasteiger partial charge in [0.15, 0.2) is 11.5 Å². The first-order chi connectivity index (χ1) is 9.05. The Morgan fingerprint density at radius 2 is 1.84 bits per heavy atom. The lowest BCUT2D eigenvalue weighted by atomic mass is 10.2. The van der Waals surface area contributed by atoms with E-state index in [1.54, 1.807) is 26.5 Å². The van der Waals surface area contributed by atoms with E-state index < -0.39 is 0 Å². The summed E-state index contributed by atoms with van der Waals surface area (Å²) < 4.78 is 10.5. The molecule has 19 heavy (non-hydrogen) atoms. The zero-order valence-corrected chi connectivity index (χ0v) is 12.1. The van der Waals surface area contributed by atoms with Crippen LogP contribution in [0.1, 0.15) is 0 Å². The van der Waals surface area contributed by atoms with Crippen molar-refractivity contribution in [3.63, 3.8) is 0 Å². The van der Waals surface area contributed by atoms with E-state index in [0.717, 1.165) is 10.6 Å². The number of carbonyl (C=O) groups excluding carboxylic acids is 1. The molecule has 0 aromatic heterocycles. The van der Waals surface area contributed by atoms with Crippen molar-refractivity contribution in [2.45, 2.75) is 4.90 Å². The second-order valence-electron chi connectivity index (χ2n) is 4.22. The maximum Gasteiger partial charge on any atom is 0.263 e. The summed E-state index contributed by atoms with van der Waals surface area (Å²) in [4.78, 5) is 15.4. The first-order valence-electron chi connectivity index (χ1n) is 5.68. The molecule has 0 bridgehead atoms. The Kier molecular flexibility index (Phi) is 3.90. The van der Waals surface area contributed by atoms with Crippen molar-refractivity contribution in [2.75, 3.05) is 33.6 Å². The van der Waals surface area contributed by atoms with Gasteiger partial charge in [-0.3, -0.25) is 4.79 Å². The SMILES string of the molecule is COc1cc2c(cc1OC)SC(=CN(C)C)C(=O)N2. The molecular formula is C13H16N2O3S.